The lowest BCUT2D eigenvalue weighted by Crippen LogP contribution is -2.12. The van der Waals surface area contributed by atoms with E-state index in [1.165, 1.54) is 12.1 Å². The molecular weight excluding hydrogens is 148 g/mol. The minimum absolute atomic E-state index is 0.644. The highest BCUT2D eigenvalue weighted by Gasteiger charge is 2.31. The summed E-state index contributed by atoms with van der Waals surface area (Å²) in [5.41, 5.74) is 6.92. The van der Waals surface area contributed by atoms with Gasteiger partial charge in [0.05, 0.1) is 0 Å². The molecule has 2 unspecified atom stereocenters. The van der Waals surface area contributed by atoms with E-state index < -0.39 is 0 Å². The van der Waals surface area contributed by atoms with Crippen LogP contribution in [-0.4, -0.2) is 24.0 Å². The van der Waals surface area contributed by atoms with Crippen LogP contribution in [-0.2, 0) is 6.54 Å². The van der Waals surface area contributed by atoms with Gasteiger partial charge in [0.2, 0.25) is 0 Å². The number of benzene rings is 1. The molecule has 0 radical (unpaired) electrons. The fourth-order valence-electron chi connectivity index (χ4n) is 1.46. The first-order valence-electron chi connectivity index (χ1n) is 4.38. The molecular formula is C10H14N2. The molecule has 2 N–H and O–H groups in total. The molecule has 0 aromatic heterocycles. The molecule has 2 rings (SSSR count). The summed E-state index contributed by atoms with van der Waals surface area (Å²) in [4.78, 5) is 2.38. The molecule has 64 valence electrons. The molecule has 1 aliphatic rings. The van der Waals surface area contributed by atoms with Crippen molar-refractivity contribution >= 4 is 0 Å². The first-order chi connectivity index (χ1) is 5.90. The van der Waals surface area contributed by atoms with Gasteiger partial charge in [-0.05, 0) is 5.56 Å². The largest absolute Gasteiger partial charge is 0.329 e. The smallest absolute Gasteiger partial charge is 0.0350 e. The van der Waals surface area contributed by atoms with E-state index in [4.69, 9.17) is 5.73 Å². The van der Waals surface area contributed by atoms with Crippen LogP contribution >= 0.6 is 0 Å². The molecule has 2 nitrogen and oxygen atoms in total. The lowest BCUT2D eigenvalue weighted by molar-refractivity contribution is 0.504. The van der Waals surface area contributed by atoms with Gasteiger partial charge in [-0.25, -0.2) is 0 Å². The van der Waals surface area contributed by atoms with Gasteiger partial charge < -0.3 is 5.73 Å². The van der Waals surface area contributed by atoms with E-state index in [-0.39, 0.29) is 0 Å². The predicted molar refractivity (Wildman–Crippen MR) is 49.7 cm³/mol. The Morgan fingerprint density at radius 2 is 2.08 bits per heavy atom. The molecule has 2 atom stereocenters. The van der Waals surface area contributed by atoms with Crippen molar-refractivity contribution in [3.05, 3.63) is 35.9 Å². The van der Waals surface area contributed by atoms with Crippen molar-refractivity contribution in [1.82, 2.24) is 4.90 Å². The number of hydrogen-bond acceptors (Lipinski definition) is 2. The van der Waals surface area contributed by atoms with E-state index in [2.05, 4.69) is 29.2 Å². The van der Waals surface area contributed by atoms with Crippen LogP contribution in [0.3, 0.4) is 0 Å². The van der Waals surface area contributed by atoms with Gasteiger partial charge in [-0.3, -0.25) is 4.90 Å². The Kier molecular flexibility index (Phi) is 2.11. The van der Waals surface area contributed by atoms with Crippen LogP contribution in [0, 0.1) is 0 Å². The zero-order valence-corrected chi connectivity index (χ0v) is 7.11. The van der Waals surface area contributed by atoms with Crippen molar-refractivity contribution in [3.8, 4) is 0 Å². The molecule has 1 aromatic carbocycles. The van der Waals surface area contributed by atoms with Gasteiger partial charge in [0, 0.05) is 25.7 Å². The molecule has 1 saturated heterocycles. The van der Waals surface area contributed by atoms with Crippen molar-refractivity contribution in [3.63, 3.8) is 0 Å². The summed E-state index contributed by atoms with van der Waals surface area (Å²) in [6.45, 7) is 3.03. The molecule has 0 saturated carbocycles. The number of nitrogens with zero attached hydrogens (tertiary/aromatic N) is 1. The first-order valence-corrected chi connectivity index (χ1v) is 4.38. The van der Waals surface area contributed by atoms with E-state index in [0.29, 0.717) is 6.04 Å². The van der Waals surface area contributed by atoms with Gasteiger partial charge in [0.15, 0.2) is 0 Å². The molecule has 0 spiro atoms. The number of hydrogen-bond donors (Lipinski definition) is 1. The molecule has 1 aromatic rings. The van der Waals surface area contributed by atoms with Gasteiger partial charge in [-0.15, -0.1) is 0 Å². The second-order valence-corrected chi connectivity index (χ2v) is 3.30. The van der Waals surface area contributed by atoms with Gasteiger partial charge in [0.25, 0.3) is 0 Å². The highest BCUT2D eigenvalue weighted by Crippen LogP contribution is 2.19. The van der Waals surface area contributed by atoms with Crippen LogP contribution in [0.25, 0.3) is 0 Å². The average molecular weight is 162 g/mol. The molecule has 1 aliphatic heterocycles. The normalized spacial score (nSPS) is 27.1. The van der Waals surface area contributed by atoms with E-state index in [9.17, 15) is 0 Å². The monoisotopic (exact) mass is 162 g/mol. The molecule has 0 aliphatic carbocycles. The number of rotatable bonds is 3. The maximum Gasteiger partial charge on any atom is 0.0350 e. The minimum atomic E-state index is 0.644. The van der Waals surface area contributed by atoms with E-state index in [1.54, 1.807) is 0 Å². The summed E-state index contributed by atoms with van der Waals surface area (Å²) in [6, 6.07) is 11.2. The topological polar surface area (TPSA) is 29.0 Å². The number of nitrogens with two attached hydrogens (primary N) is 1. The zero-order chi connectivity index (χ0) is 8.39. The summed E-state index contributed by atoms with van der Waals surface area (Å²) in [7, 11) is 0. The van der Waals surface area contributed by atoms with Crippen LogP contribution in [0.2, 0.25) is 0 Å². The Morgan fingerprint density at radius 3 is 2.67 bits per heavy atom. The van der Waals surface area contributed by atoms with E-state index in [0.717, 1.165) is 13.1 Å². The molecule has 0 amide bonds. The summed E-state index contributed by atoms with van der Waals surface area (Å²) < 4.78 is 0. The van der Waals surface area contributed by atoms with Crippen molar-refractivity contribution in [2.45, 2.75) is 12.6 Å². The van der Waals surface area contributed by atoms with Crippen molar-refractivity contribution in [1.29, 1.82) is 0 Å². The van der Waals surface area contributed by atoms with E-state index in [1.807, 2.05) is 6.07 Å². The van der Waals surface area contributed by atoms with Crippen LogP contribution < -0.4 is 5.73 Å². The summed E-state index contributed by atoms with van der Waals surface area (Å²) in [5, 5.41) is 0. The molecule has 1 heterocycles. The highest BCUT2D eigenvalue weighted by molar-refractivity contribution is 5.15. The second kappa shape index (κ2) is 3.25. The Morgan fingerprint density at radius 1 is 1.33 bits per heavy atom. The highest BCUT2D eigenvalue weighted by atomic mass is 15.3. The third-order valence-electron chi connectivity index (χ3n) is 2.33. The third-order valence-corrected chi connectivity index (χ3v) is 2.33. The third kappa shape index (κ3) is 1.65. The van der Waals surface area contributed by atoms with Crippen LogP contribution in [0.5, 0.6) is 0 Å². The van der Waals surface area contributed by atoms with Crippen LogP contribution in [0.1, 0.15) is 5.56 Å². The van der Waals surface area contributed by atoms with E-state index >= 15 is 0 Å². The van der Waals surface area contributed by atoms with Gasteiger partial charge in [-0.2, -0.15) is 0 Å². The lowest BCUT2D eigenvalue weighted by Gasteiger charge is -2.01. The Bertz CT molecular complexity index is 245. The van der Waals surface area contributed by atoms with Crippen LogP contribution in [0.15, 0.2) is 30.3 Å². The summed E-state index contributed by atoms with van der Waals surface area (Å²) in [5.74, 6) is 0. The first kappa shape index (κ1) is 7.77. The van der Waals surface area contributed by atoms with Gasteiger partial charge in [0.1, 0.15) is 0 Å². The SMILES string of the molecule is NCC1CN1Cc1ccccc1. The fraction of sp³-hybridized carbons (Fsp3) is 0.400. The lowest BCUT2D eigenvalue weighted by atomic mass is 10.2. The zero-order valence-electron chi connectivity index (χ0n) is 7.11. The van der Waals surface area contributed by atoms with Crippen molar-refractivity contribution < 1.29 is 0 Å². The predicted octanol–water partition coefficient (Wildman–Crippen LogP) is 0.829. The van der Waals surface area contributed by atoms with Crippen LogP contribution in [0.4, 0.5) is 0 Å². The Hall–Kier alpha value is -0.860. The molecule has 1 fully saturated rings. The van der Waals surface area contributed by atoms with Crippen molar-refractivity contribution in [2.75, 3.05) is 13.1 Å². The maximum absolute atomic E-state index is 5.54. The van der Waals surface area contributed by atoms with Gasteiger partial charge in [-0.1, -0.05) is 30.3 Å². The molecule has 2 heteroatoms. The summed E-state index contributed by atoms with van der Waals surface area (Å²) >= 11 is 0. The summed E-state index contributed by atoms with van der Waals surface area (Å²) in [6.07, 6.45) is 0. The standard InChI is InChI=1S/C10H14N2/c11-6-10-8-12(10)7-9-4-2-1-3-5-9/h1-5,10H,6-8,11H2. The fourth-order valence-corrected chi connectivity index (χ4v) is 1.46. The van der Waals surface area contributed by atoms with Crippen molar-refractivity contribution in [2.24, 2.45) is 5.73 Å². The second-order valence-electron chi connectivity index (χ2n) is 3.30. The molecule has 12 heavy (non-hydrogen) atoms. The Balaban J connectivity index is 1.89. The Labute approximate surface area is 73.0 Å². The maximum atomic E-state index is 5.54. The average Bonchev–Trinajstić information content (AvgIpc) is 2.85. The quantitative estimate of drug-likeness (QED) is 0.667. The molecule has 0 bridgehead atoms. The van der Waals surface area contributed by atoms with Gasteiger partial charge >= 0.3 is 0 Å². The minimum Gasteiger partial charge on any atom is -0.329 e.